The Kier molecular flexibility index (Phi) is 6.36. The van der Waals surface area contributed by atoms with E-state index >= 15 is 0 Å². The van der Waals surface area contributed by atoms with Crippen molar-refractivity contribution in [3.63, 3.8) is 0 Å². The minimum absolute atomic E-state index is 0.0481. The number of rotatable bonds is 7. The molecule has 0 saturated carbocycles. The lowest BCUT2D eigenvalue weighted by atomic mass is 10.1. The first kappa shape index (κ1) is 17.2. The number of hydrogen-bond donors (Lipinski definition) is 2. The van der Waals surface area contributed by atoms with Crippen LogP contribution in [0.5, 0.6) is 0 Å². The molecule has 2 amide bonds. The van der Waals surface area contributed by atoms with Gasteiger partial charge in [-0.15, -0.1) is 0 Å². The van der Waals surface area contributed by atoms with Gasteiger partial charge >= 0.3 is 5.97 Å². The zero-order chi connectivity index (χ0) is 16.0. The normalized spacial score (nSPS) is 19.0. The minimum Gasteiger partial charge on any atom is -0.481 e. The molecule has 118 valence electrons. The monoisotopic (exact) mass is 297 g/mol. The van der Waals surface area contributed by atoms with Gasteiger partial charge in [0.2, 0.25) is 11.8 Å². The molecule has 0 spiro atoms. The quantitative estimate of drug-likeness (QED) is 0.629. The largest absolute Gasteiger partial charge is 0.481 e. The Morgan fingerprint density at radius 1 is 1.52 bits per heavy atom. The predicted octanol–water partition coefficient (Wildman–Crippen LogP) is -0.314. The van der Waals surface area contributed by atoms with Gasteiger partial charge in [0.15, 0.2) is 0 Å². The second-order valence-electron chi connectivity index (χ2n) is 5.24. The summed E-state index contributed by atoms with van der Waals surface area (Å²) in [5, 5.41) is 11.5. The van der Waals surface area contributed by atoms with Crippen LogP contribution in [0.25, 0.3) is 0 Å². The number of likely N-dealkylation sites (N-methyl/N-ethyl adjacent to an activating group) is 1. The van der Waals surface area contributed by atoms with Crippen molar-refractivity contribution >= 4 is 17.8 Å². The fraction of sp³-hybridized carbons (Fsp3) is 0.643. The summed E-state index contributed by atoms with van der Waals surface area (Å²) in [5.41, 5.74) is 0.878. The lowest BCUT2D eigenvalue weighted by molar-refractivity contribution is -0.145. The Hall–Kier alpha value is -1.89. The molecule has 1 aliphatic heterocycles. The molecule has 1 heterocycles. The summed E-state index contributed by atoms with van der Waals surface area (Å²) in [7, 11) is 0. The Morgan fingerprint density at radius 2 is 2.19 bits per heavy atom. The summed E-state index contributed by atoms with van der Waals surface area (Å²) in [6.07, 6.45) is -0.300. The third-order valence-electron chi connectivity index (χ3n) is 3.34. The zero-order valence-electron chi connectivity index (χ0n) is 12.6. The molecule has 0 radical (unpaired) electrons. The van der Waals surface area contributed by atoms with Crippen molar-refractivity contribution in [1.82, 2.24) is 15.1 Å². The molecule has 1 unspecified atom stereocenters. The van der Waals surface area contributed by atoms with Crippen molar-refractivity contribution in [3.05, 3.63) is 12.2 Å². The summed E-state index contributed by atoms with van der Waals surface area (Å²) in [6, 6.07) is -0.788. The van der Waals surface area contributed by atoms with E-state index in [-0.39, 0.29) is 24.8 Å². The van der Waals surface area contributed by atoms with E-state index in [9.17, 15) is 14.4 Å². The molecule has 1 atom stereocenters. The predicted molar refractivity (Wildman–Crippen MR) is 77.7 cm³/mol. The van der Waals surface area contributed by atoms with E-state index in [1.165, 1.54) is 0 Å². The number of nitrogens with one attached hydrogen (secondary N) is 1. The average Bonchev–Trinajstić information content (AvgIpc) is 2.39. The van der Waals surface area contributed by atoms with Gasteiger partial charge in [-0.25, -0.2) is 0 Å². The zero-order valence-corrected chi connectivity index (χ0v) is 12.6. The standard InChI is InChI=1S/C14H23N3O4/c1-4-16(8-10(2)3)12(18)9-17-6-5-15-14(21)11(17)7-13(19)20/h11H,2,4-9H2,1,3H3,(H,15,21)(H,19,20). The highest BCUT2D eigenvalue weighted by Gasteiger charge is 2.33. The molecular weight excluding hydrogens is 274 g/mol. The number of hydrogen-bond acceptors (Lipinski definition) is 4. The third kappa shape index (κ3) is 5.18. The van der Waals surface area contributed by atoms with Crippen LogP contribution in [0.2, 0.25) is 0 Å². The highest BCUT2D eigenvalue weighted by Crippen LogP contribution is 2.10. The van der Waals surface area contributed by atoms with Gasteiger partial charge < -0.3 is 15.3 Å². The molecule has 1 fully saturated rings. The molecule has 7 nitrogen and oxygen atoms in total. The summed E-state index contributed by atoms with van der Waals surface area (Å²) in [4.78, 5) is 38.2. The van der Waals surface area contributed by atoms with Crippen LogP contribution < -0.4 is 5.32 Å². The number of carbonyl (C=O) groups excluding carboxylic acids is 2. The molecule has 0 aromatic rings. The van der Waals surface area contributed by atoms with E-state index in [1.54, 1.807) is 9.80 Å². The molecule has 2 N–H and O–H groups in total. The lowest BCUT2D eigenvalue weighted by Crippen LogP contribution is -2.58. The molecule has 1 saturated heterocycles. The lowest BCUT2D eigenvalue weighted by Gasteiger charge is -2.35. The Balaban J connectivity index is 2.72. The van der Waals surface area contributed by atoms with Crippen molar-refractivity contribution in [1.29, 1.82) is 0 Å². The first-order chi connectivity index (χ1) is 9.85. The van der Waals surface area contributed by atoms with Crippen LogP contribution in [0.3, 0.4) is 0 Å². The molecule has 0 bridgehead atoms. The summed E-state index contributed by atoms with van der Waals surface area (Å²) in [6.45, 7) is 9.48. The number of piperazine rings is 1. The molecule has 1 aliphatic rings. The van der Waals surface area contributed by atoms with Gasteiger partial charge in [0.1, 0.15) is 6.04 Å². The van der Waals surface area contributed by atoms with E-state index in [2.05, 4.69) is 11.9 Å². The number of carbonyl (C=O) groups is 3. The second kappa shape index (κ2) is 7.78. The van der Waals surface area contributed by atoms with Gasteiger partial charge in [-0.1, -0.05) is 12.2 Å². The molecule has 21 heavy (non-hydrogen) atoms. The van der Waals surface area contributed by atoms with Crippen LogP contribution in [0, 0.1) is 0 Å². The smallest absolute Gasteiger partial charge is 0.305 e. The third-order valence-corrected chi connectivity index (χ3v) is 3.34. The summed E-state index contributed by atoms with van der Waals surface area (Å²) < 4.78 is 0. The molecule has 7 heteroatoms. The van der Waals surface area contributed by atoms with Gasteiger partial charge in [0.25, 0.3) is 0 Å². The van der Waals surface area contributed by atoms with E-state index in [0.29, 0.717) is 26.2 Å². The van der Waals surface area contributed by atoms with E-state index in [0.717, 1.165) is 5.57 Å². The van der Waals surface area contributed by atoms with Crippen molar-refractivity contribution in [2.45, 2.75) is 26.3 Å². The second-order valence-corrected chi connectivity index (χ2v) is 5.24. The number of nitrogens with zero attached hydrogens (tertiary/aromatic N) is 2. The highest BCUT2D eigenvalue weighted by atomic mass is 16.4. The summed E-state index contributed by atoms with van der Waals surface area (Å²) >= 11 is 0. The summed E-state index contributed by atoms with van der Waals surface area (Å²) in [5.74, 6) is -1.51. The van der Waals surface area contributed by atoms with Crippen LogP contribution in [0.15, 0.2) is 12.2 Å². The number of carboxylic acids is 1. The first-order valence-corrected chi connectivity index (χ1v) is 7.00. The van der Waals surface area contributed by atoms with Crippen molar-refractivity contribution in [2.75, 3.05) is 32.7 Å². The van der Waals surface area contributed by atoms with Crippen LogP contribution in [-0.4, -0.2) is 71.5 Å². The van der Waals surface area contributed by atoms with E-state index in [4.69, 9.17) is 5.11 Å². The van der Waals surface area contributed by atoms with E-state index < -0.39 is 12.0 Å². The SMILES string of the molecule is C=C(C)CN(CC)C(=O)CN1CCNC(=O)C1CC(=O)O. The molecule has 0 aliphatic carbocycles. The average molecular weight is 297 g/mol. The van der Waals surface area contributed by atoms with Crippen LogP contribution in [-0.2, 0) is 14.4 Å². The van der Waals surface area contributed by atoms with Crippen LogP contribution in [0.4, 0.5) is 0 Å². The number of aliphatic carboxylic acids is 1. The fourth-order valence-electron chi connectivity index (χ4n) is 2.31. The molecule has 0 aromatic carbocycles. The van der Waals surface area contributed by atoms with Gasteiger partial charge in [-0.3, -0.25) is 19.3 Å². The maximum absolute atomic E-state index is 12.3. The van der Waals surface area contributed by atoms with Crippen molar-refractivity contribution in [3.8, 4) is 0 Å². The fourth-order valence-corrected chi connectivity index (χ4v) is 2.31. The van der Waals surface area contributed by atoms with E-state index in [1.807, 2.05) is 13.8 Å². The van der Waals surface area contributed by atoms with Gasteiger partial charge in [-0.05, 0) is 13.8 Å². The number of amides is 2. The van der Waals surface area contributed by atoms with Gasteiger partial charge in [0.05, 0.1) is 13.0 Å². The van der Waals surface area contributed by atoms with Gasteiger partial charge in [-0.2, -0.15) is 0 Å². The maximum atomic E-state index is 12.3. The van der Waals surface area contributed by atoms with Crippen LogP contribution in [0.1, 0.15) is 20.3 Å². The van der Waals surface area contributed by atoms with Gasteiger partial charge in [0, 0.05) is 26.2 Å². The first-order valence-electron chi connectivity index (χ1n) is 7.00. The Bertz CT molecular complexity index is 436. The van der Waals surface area contributed by atoms with Crippen molar-refractivity contribution < 1.29 is 19.5 Å². The Labute approximate surface area is 124 Å². The Morgan fingerprint density at radius 3 is 2.71 bits per heavy atom. The molecular formula is C14H23N3O4. The highest BCUT2D eigenvalue weighted by molar-refractivity contribution is 5.88. The molecule has 0 aromatic heterocycles. The topological polar surface area (TPSA) is 90.0 Å². The van der Waals surface area contributed by atoms with Crippen LogP contribution >= 0.6 is 0 Å². The minimum atomic E-state index is -1.05. The van der Waals surface area contributed by atoms with Crippen molar-refractivity contribution in [2.24, 2.45) is 0 Å². The molecule has 1 rings (SSSR count). The number of carboxylic acid groups (broad SMARTS) is 1. The maximum Gasteiger partial charge on any atom is 0.305 e.